The average Bonchev–Trinajstić information content (AvgIpc) is 2.14. The van der Waals surface area contributed by atoms with Gasteiger partial charge in [-0.1, -0.05) is 23.5 Å². The highest BCUT2D eigenvalue weighted by atomic mass is 32.9. The Morgan fingerprint density at radius 1 is 1.36 bits per heavy atom. The van der Waals surface area contributed by atoms with E-state index in [0.717, 1.165) is 22.7 Å². The molecule has 0 heterocycles. The maximum atomic E-state index is 9.00. The fraction of sp³-hybridized carbons (Fsp3) is 0.250. The molecule has 3 nitrogen and oxygen atoms in total. The third-order valence-electron chi connectivity index (χ3n) is 1.56. The second kappa shape index (κ2) is 5.14. The number of hydrogen-bond acceptors (Lipinski definition) is 3. The monoisotopic (exact) mass is 250 g/mol. The molecule has 0 aromatic heterocycles. The Bertz CT molecular complexity index is 333. The number of ether oxygens (including phenoxy) is 1. The summed E-state index contributed by atoms with van der Waals surface area (Å²) >= 11 is 5.49. The van der Waals surface area contributed by atoms with Gasteiger partial charge in [0, 0.05) is 5.75 Å². The Hall–Kier alpha value is -0.0600. The summed E-state index contributed by atoms with van der Waals surface area (Å²) in [6.45, 7) is 0. The summed E-state index contributed by atoms with van der Waals surface area (Å²) in [5.41, 5.74) is -2.14. The second-order valence-corrected chi connectivity index (χ2v) is 8.66. The van der Waals surface area contributed by atoms with Crippen LogP contribution < -0.4 is 4.74 Å². The molecule has 0 spiro atoms. The predicted molar refractivity (Wildman–Crippen MR) is 63.0 cm³/mol. The van der Waals surface area contributed by atoms with Crippen LogP contribution in [0.5, 0.6) is 5.75 Å². The van der Waals surface area contributed by atoms with Crippen LogP contribution in [0.1, 0.15) is 5.56 Å². The summed E-state index contributed by atoms with van der Waals surface area (Å²) in [7, 11) is 1.60. The van der Waals surface area contributed by atoms with Crippen LogP contribution in [0.3, 0.4) is 0 Å². The Kier molecular flexibility index (Phi) is 4.41. The standard InChI is InChI=1S/C8H11O3PS2/c1-11-8-4-2-7(3-5-8)6-14-12(9,10)13/h2-5H,6H2,1H3,(H2,9,10,13). The highest BCUT2D eigenvalue weighted by Gasteiger charge is 2.07. The molecule has 0 atom stereocenters. The van der Waals surface area contributed by atoms with Crippen LogP contribution in [-0.2, 0) is 17.6 Å². The van der Waals surface area contributed by atoms with Gasteiger partial charge in [-0.05, 0) is 29.5 Å². The van der Waals surface area contributed by atoms with Gasteiger partial charge in [0.1, 0.15) is 5.75 Å². The van der Waals surface area contributed by atoms with Crippen molar-refractivity contribution < 1.29 is 14.5 Å². The van der Waals surface area contributed by atoms with E-state index in [2.05, 4.69) is 11.8 Å². The zero-order chi connectivity index (χ0) is 10.6. The number of rotatable bonds is 4. The Labute approximate surface area is 92.0 Å². The molecule has 2 N–H and O–H groups in total. The van der Waals surface area contributed by atoms with Gasteiger partial charge in [0.05, 0.1) is 7.11 Å². The average molecular weight is 250 g/mol. The molecule has 0 saturated heterocycles. The topological polar surface area (TPSA) is 49.7 Å². The zero-order valence-electron chi connectivity index (χ0n) is 7.58. The van der Waals surface area contributed by atoms with Crippen LogP contribution in [0.25, 0.3) is 0 Å². The minimum Gasteiger partial charge on any atom is -0.497 e. The summed E-state index contributed by atoms with van der Waals surface area (Å²) in [6, 6.07) is 7.40. The first-order valence-corrected chi connectivity index (χ1v) is 8.14. The smallest absolute Gasteiger partial charge is 0.242 e. The first-order valence-electron chi connectivity index (χ1n) is 3.84. The van der Waals surface area contributed by atoms with Crippen molar-refractivity contribution in [2.75, 3.05) is 7.11 Å². The van der Waals surface area contributed by atoms with Crippen LogP contribution >= 0.6 is 17.1 Å². The van der Waals surface area contributed by atoms with E-state index in [-0.39, 0.29) is 0 Å². The maximum Gasteiger partial charge on any atom is 0.242 e. The lowest BCUT2D eigenvalue weighted by Crippen LogP contribution is -1.84. The van der Waals surface area contributed by atoms with Gasteiger partial charge in [0.25, 0.3) is 0 Å². The lowest BCUT2D eigenvalue weighted by molar-refractivity contribution is 0.414. The van der Waals surface area contributed by atoms with Crippen molar-refractivity contribution in [3.8, 4) is 5.75 Å². The van der Waals surface area contributed by atoms with E-state index >= 15 is 0 Å². The second-order valence-electron chi connectivity index (χ2n) is 2.61. The minimum atomic E-state index is -3.13. The third-order valence-corrected chi connectivity index (χ3v) is 4.70. The minimum absolute atomic E-state index is 0.508. The van der Waals surface area contributed by atoms with Crippen LogP contribution in [-0.4, -0.2) is 16.9 Å². The number of methoxy groups -OCH3 is 1. The van der Waals surface area contributed by atoms with Crippen LogP contribution in [0.15, 0.2) is 24.3 Å². The molecule has 78 valence electrons. The third kappa shape index (κ3) is 4.44. The van der Waals surface area contributed by atoms with Crippen LogP contribution in [0.4, 0.5) is 0 Å². The Balaban J connectivity index is 2.56. The molecule has 0 saturated carbocycles. The summed E-state index contributed by atoms with van der Waals surface area (Å²) < 4.78 is 5.00. The molecule has 6 heteroatoms. The molecule has 0 amide bonds. The van der Waals surface area contributed by atoms with Crippen molar-refractivity contribution in [3.05, 3.63) is 29.8 Å². The van der Waals surface area contributed by atoms with Crippen molar-refractivity contribution in [1.82, 2.24) is 0 Å². The van der Waals surface area contributed by atoms with Crippen molar-refractivity contribution in [1.29, 1.82) is 0 Å². The van der Waals surface area contributed by atoms with E-state index in [4.69, 9.17) is 14.5 Å². The normalized spacial score (nSPS) is 11.4. The predicted octanol–water partition coefficient (Wildman–Crippen LogP) is 2.14. The van der Waals surface area contributed by atoms with Gasteiger partial charge < -0.3 is 14.5 Å². The molecule has 1 rings (SSSR count). The van der Waals surface area contributed by atoms with Gasteiger partial charge in [-0.3, -0.25) is 0 Å². The van der Waals surface area contributed by atoms with E-state index < -0.39 is 5.69 Å². The molecular weight excluding hydrogens is 239 g/mol. The van der Waals surface area contributed by atoms with Gasteiger partial charge in [0.2, 0.25) is 5.69 Å². The number of hydrogen-bond donors (Lipinski definition) is 2. The molecule has 0 aliphatic heterocycles. The highest BCUT2D eigenvalue weighted by molar-refractivity contribution is 8.67. The van der Waals surface area contributed by atoms with Crippen molar-refractivity contribution >= 4 is 28.9 Å². The van der Waals surface area contributed by atoms with Gasteiger partial charge in [-0.15, -0.1) is 0 Å². The Morgan fingerprint density at radius 2 is 1.93 bits per heavy atom. The van der Waals surface area contributed by atoms with E-state index in [1.165, 1.54) is 0 Å². The van der Waals surface area contributed by atoms with Crippen LogP contribution in [0, 0.1) is 0 Å². The molecule has 0 bridgehead atoms. The first kappa shape index (κ1) is 12.0. The van der Waals surface area contributed by atoms with Crippen molar-refractivity contribution in [2.45, 2.75) is 5.75 Å². The van der Waals surface area contributed by atoms with Gasteiger partial charge >= 0.3 is 0 Å². The van der Waals surface area contributed by atoms with Gasteiger partial charge in [-0.2, -0.15) is 0 Å². The first-order chi connectivity index (χ1) is 6.51. The summed E-state index contributed by atoms with van der Waals surface area (Å²) in [5, 5.41) is 0. The summed E-state index contributed by atoms with van der Waals surface area (Å²) in [5.74, 6) is 1.29. The summed E-state index contributed by atoms with van der Waals surface area (Å²) in [4.78, 5) is 18.0. The fourth-order valence-corrected chi connectivity index (χ4v) is 2.82. The van der Waals surface area contributed by atoms with Crippen molar-refractivity contribution in [2.24, 2.45) is 0 Å². The van der Waals surface area contributed by atoms with E-state index in [0.29, 0.717) is 5.75 Å². The molecule has 14 heavy (non-hydrogen) atoms. The molecule has 0 unspecified atom stereocenters. The molecule has 1 aromatic rings. The largest absolute Gasteiger partial charge is 0.497 e. The molecule has 0 aliphatic rings. The SMILES string of the molecule is COc1ccc(CSP(O)(O)=S)cc1. The molecule has 0 fully saturated rings. The van der Waals surface area contributed by atoms with E-state index in [1.807, 2.05) is 24.3 Å². The molecule has 0 radical (unpaired) electrons. The van der Waals surface area contributed by atoms with Crippen LogP contribution in [0.2, 0.25) is 0 Å². The van der Waals surface area contributed by atoms with Crippen molar-refractivity contribution in [3.63, 3.8) is 0 Å². The van der Waals surface area contributed by atoms with E-state index in [9.17, 15) is 0 Å². The van der Waals surface area contributed by atoms with Gasteiger partial charge in [-0.25, -0.2) is 0 Å². The zero-order valence-corrected chi connectivity index (χ0v) is 10.1. The molecular formula is C8H11O3PS2. The Morgan fingerprint density at radius 3 is 2.36 bits per heavy atom. The van der Waals surface area contributed by atoms with Gasteiger partial charge in [0.15, 0.2) is 0 Å². The highest BCUT2D eigenvalue weighted by Crippen LogP contribution is 2.52. The fourth-order valence-electron chi connectivity index (χ4n) is 0.880. The molecule has 0 aliphatic carbocycles. The lowest BCUT2D eigenvalue weighted by Gasteiger charge is -2.06. The maximum absolute atomic E-state index is 9.00. The van der Waals surface area contributed by atoms with E-state index in [1.54, 1.807) is 7.11 Å². The molecule has 1 aromatic carbocycles. The quantitative estimate of drug-likeness (QED) is 0.802. The number of benzene rings is 1. The summed E-state index contributed by atoms with van der Waals surface area (Å²) in [6.07, 6.45) is 0. The lowest BCUT2D eigenvalue weighted by atomic mass is 10.2.